The molecule has 8 heteroatoms. The van der Waals surface area contributed by atoms with Crippen LogP contribution in [0.4, 0.5) is 5.69 Å². The summed E-state index contributed by atoms with van der Waals surface area (Å²) in [5.74, 6) is 0. The van der Waals surface area contributed by atoms with E-state index in [4.69, 9.17) is 10.00 Å². The van der Waals surface area contributed by atoms with E-state index in [9.17, 15) is 5.26 Å². The molecule has 2 N–H and O–H groups in total. The molecule has 0 spiro atoms. The van der Waals surface area contributed by atoms with Crippen LogP contribution in [0.2, 0.25) is 0 Å². The molecule has 0 amide bonds. The summed E-state index contributed by atoms with van der Waals surface area (Å²) >= 11 is 2.72. The number of nitriles is 2. The Morgan fingerprint density at radius 1 is 1.43 bits per heavy atom. The quantitative estimate of drug-likeness (QED) is 0.685. The number of aromatic amines is 1. The Kier molecular flexibility index (Phi) is 4.38. The first-order valence-electron chi connectivity index (χ1n) is 6.62. The standard InChI is InChI=1S/C15H11N5OS2/c1-9-2-3-11(14-13(9)10(6-17)7-18-14)20-23-15-19-8-12(22-15)21-5-4-16/h2-3,7-8,18,20H,5H2,1H3. The number of hydrogen-bond acceptors (Lipinski definition) is 7. The largest absolute Gasteiger partial charge is 0.467 e. The zero-order chi connectivity index (χ0) is 16.2. The van der Waals surface area contributed by atoms with Crippen LogP contribution in [0.1, 0.15) is 11.1 Å². The van der Waals surface area contributed by atoms with Gasteiger partial charge in [-0.05, 0) is 18.6 Å². The van der Waals surface area contributed by atoms with Gasteiger partial charge in [-0.25, -0.2) is 4.98 Å². The van der Waals surface area contributed by atoms with E-state index in [1.54, 1.807) is 12.4 Å². The first kappa shape index (κ1) is 15.2. The van der Waals surface area contributed by atoms with Crippen molar-refractivity contribution >= 4 is 39.9 Å². The average molecular weight is 341 g/mol. The monoisotopic (exact) mass is 341 g/mol. The van der Waals surface area contributed by atoms with Crippen LogP contribution in [0.5, 0.6) is 5.06 Å². The molecule has 3 rings (SSSR count). The first-order valence-corrected chi connectivity index (χ1v) is 8.25. The number of hydrogen-bond donors (Lipinski definition) is 2. The average Bonchev–Trinajstić information content (AvgIpc) is 3.19. The van der Waals surface area contributed by atoms with Gasteiger partial charge in [0, 0.05) is 23.5 Å². The van der Waals surface area contributed by atoms with E-state index in [1.807, 2.05) is 25.1 Å². The molecular formula is C15H11N5OS2. The van der Waals surface area contributed by atoms with Crippen LogP contribution in [0.3, 0.4) is 0 Å². The van der Waals surface area contributed by atoms with E-state index in [1.165, 1.54) is 23.3 Å². The van der Waals surface area contributed by atoms with Gasteiger partial charge in [0.1, 0.15) is 12.1 Å². The number of thiazole rings is 1. The van der Waals surface area contributed by atoms with Gasteiger partial charge in [-0.1, -0.05) is 17.4 Å². The fourth-order valence-electron chi connectivity index (χ4n) is 2.15. The topological polar surface area (TPSA) is 97.5 Å². The maximum absolute atomic E-state index is 9.18. The Morgan fingerprint density at radius 3 is 3.09 bits per heavy atom. The summed E-state index contributed by atoms with van der Waals surface area (Å²) in [6.07, 6.45) is 3.31. The predicted octanol–water partition coefficient (Wildman–Crippen LogP) is 3.83. The van der Waals surface area contributed by atoms with Crippen LogP contribution in [0.25, 0.3) is 10.9 Å². The number of anilines is 1. The van der Waals surface area contributed by atoms with Crippen LogP contribution >= 0.6 is 23.3 Å². The van der Waals surface area contributed by atoms with Crippen molar-refractivity contribution < 1.29 is 4.74 Å². The number of benzene rings is 1. The fourth-order valence-corrected chi connectivity index (χ4v) is 3.67. The Hall–Kier alpha value is -2.68. The van der Waals surface area contributed by atoms with Crippen molar-refractivity contribution in [3.63, 3.8) is 0 Å². The number of fused-ring (bicyclic) bond motifs is 1. The minimum Gasteiger partial charge on any atom is -0.467 e. The molecule has 0 aliphatic rings. The lowest BCUT2D eigenvalue weighted by Gasteiger charge is -2.06. The highest BCUT2D eigenvalue weighted by atomic mass is 32.2. The van der Waals surface area contributed by atoms with Crippen molar-refractivity contribution in [3.8, 4) is 17.2 Å². The van der Waals surface area contributed by atoms with Crippen LogP contribution < -0.4 is 9.46 Å². The van der Waals surface area contributed by atoms with Gasteiger partial charge in [-0.2, -0.15) is 10.5 Å². The SMILES string of the molecule is Cc1ccc(NSc2ncc(OCC#N)s2)c2[nH]cc(C#N)c12. The molecule has 1 aromatic carbocycles. The third-order valence-electron chi connectivity index (χ3n) is 3.15. The van der Waals surface area contributed by atoms with E-state index in [0.29, 0.717) is 10.6 Å². The van der Waals surface area contributed by atoms with Gasteiger partial charge in [0.15, 0.2) is 16.0 Å². The molecule has 2 heterocycles. The maximum atomic E-state index is 9.18. The van der Waals surface area contributed by atoms with Crippen LogP contribution in [-0.2, 0) is 0 Å². The number of nitrogens with one attached hydrogen (secondary N) is 2. The van der Waals surface area contributed by atoms with Gasteiger partial charge < -0.3 is 14.4 Å². The number of aromatic nitrogens is 2. The third kappa shape index (κ3) is 3.09. The molecule has 0 fully saturated rings. The molecule has 3 aromatic rings. The molecule has 0 unspecified atom stereocenters. The van der Waals surface area contributed by atoms with Gasteiger partial charge >= 0.3 is 0 Å². The molecule has 0 aliphatic heterocycles. The lowest BCUT2D eigenvalue weighted by atomic mass is 10.1. The lowest BCUT2D eigenvalue weighted by Crippen LogP contribution is -1.89. The molecule has 0 aliphatic carbocycles. The number of rotatable bonds is 5. The summed E-state index contributed by atoms with van der Waals surface area (Å²) in [4.78, 5) is 7.37. The summed E-state index contributed by atoms with van der Waals surface area (Å²) in [5.41, 5.74) is 3.46. The summed E-state index contributed by atoms with van der Waals surface area (Å²) in [5, 5.41) is 19.2. The molecule has 0 radical (unpaired) electrons. The molecule has 2 aromatic heterocycles. The van der Waals surface area contributed by atoms with Crippen molar-refractivity contribution in [2.75, 3.05) is 11.3 Å². The zero-order valence-corrected chi connectivity index (χ0v) is 13.7. The molecule has 23 heavy (non-hydrogen) atoms. The highest BCUT2D eigenvalue weighted by Crippen LogP contribution is 2.34. The number of ether oxygens (including phenoxy) is 1. The second kappa shape index (κ2) is 6.61. The minimum absolute atomic E-state index is 0.0116. The normalized spacial score (nSPS) is 10.2. The smallest absolute Gasteiger partial charge is 0.196 e. The zero-order valence-electron chi connectivity index (χ0n) is 12.1. The Morgan fingerprint density at radius 2 is 2.30 bits per heavy atom. The Labute approximate surface area is 140 Å². The third-order valence-corrected chi connectivity index (χ3v) is 4.96. The molecule has 0 atom stereocenters. The minimum atomic E-state index is 0.0116. The molecular weight excluding hydrogens is 330 g/mol. The maximum Gasteiger partial charge on any atom is 0.196 e. The van der Waals surface area contributed by atoms with E-state index in [0.717, 1.165) is 26.5 Å². The van der Waals surface area contributed by atoms with Crippen molar-refractivity contribution in [2.45, 2.75) is 11.3 Å². The second-order valence-corrected chi connectivity index (χ2v) is 6.64. The Bertz CT molecular complexity index is 932. The summed E-state index contributed by atoms with van der Waals surface area (Å²) in [7, 11) is 0. The first-order chi connectivity index (χ1) is 11.2. The van der Waals surface area contributed by atoms with Crippen molar-refractivity contribution in [1.82, 2.24) is 9.97 Å². The molecule has 6 nitrogen and oxygen atoms in total. The summed E-state index contributed by atoms with van der Waals surface area (Å²) in [6.45, 7) is 1.99. The number of H-pyrrole nitrogens is 1. The second-order valence-electron chi connectivity index (χ2n) is 4.59. The molecule has 0 saturated heterocycles. The van der Waals surface area contributed by atoms with Crippen LogP contribution in [-0.4, -0.2) is 16.6 Å². The predicted molar refractivity (Wildman–Crippen MR) is 90.5 cm³/mol. The summed E-state index contributed by atoms with van der Waals surface area (Å²) in [6, 6.07) is 8.05. The van der Waals surface area contributed by atoms with Gasteiger partial charge in [0.05, 0.1) is 23.0 Å². The van der Waals surface area contributed by atoms with Crippen molar-refractivity contribution in [1.29, 1.82) is 10.5 Å². The van der Waals surface area contributed by atoms with Gasteiger partial charge in [0.25, 0.3) is 0 Å². The highest BCUT2D eigenvalue weighted by Gasteiger charge is 2.11. The Balaban J connectivity index is 1.79. The molecule has 114 valence electrons. The van der Waals surface area contributed by atoms with Crippen molar-refractivity contribution in [3.05, 3.63) is 35.7 Å². The van der Waals surface area contributed by atoms with Gasteiger partial charge in [-0.15, -0.1) is 0 Å². The van der Waals surface area contributed by atoms with Gasteiger partial charge in [-0.3, -0.25) is 0 Å². The number of aryl methyl sites for hydroxylation is 1. The van der Waals surface area contributed by atoms with Crippen molar-refractivity contribution in [2.24, 2.45) is 0 Å². The number of nitrogens with zero attached hydrogens (tertiary/aromatic N) is 3. The van der Waals surface area contributed by atoms with E-state index in [-0.39, 0.29) is 6.61 Å². The van der Waals surface area contributed by atoms with E-state index in [2.05, 4.69) is 20.8 Å². The highest BCUT2D eigenvalue weighted by molar-refractivity contribution is 8.02. The van der Waals surface area contributed by atoms with Crippen LogP contribution in [0.15, 0.2) is 28.9 Å². The molecule has 0 saturated carbocycles. The van der Waals surface area contributed by atoms with E-state index < -0.39 is 0 Å². The fraction of sp³-hybridized carbons (Fsp3) is 0.133. The lowest BCUT2D eigenvalue weighted by molar-refractivity contribution is 0.378. The molecule has 0 bridgehead atoms. The van der Waals surface area contributed by atoms with Crippen LogP contribution in [0, 0.1) is 29.6 Å². The summed E-state index contributed by atoms with van der Waals surface area (Å²) < 4.78 is 9.22. The van der Waals surface area contributed by atoms with E-state index >= 15 is 0 Å². The van der Waals surface area contributed by atoms with Gasteiger partial charge in [0.2, 0.25) is 0 Å².